The van der Waals surface area contributed by atoms with Crippen molar-refractivity contribution in [2.75, 3.05) is 11.9 Å². The molecule has 0 atom stereocenters. The van der Waals surface area contributed by atoms with Gasteiger partial charge in [0.25, 0.3) is 10.0 Å². The van der Waals surface area contributed by atoms with Crippen molar-refractivity contribution in [3.8, 4) is 0 Å². The Morgan fingerprint density at radius 2 is 1.86 bits per heavy atom. The van der Waals surface area contributed by atoms with Crippen LogP contribution in [0.25, 0.3) is 4.91 Å². The first kappa shape index (κ1) is 21.0. The van der Waals surface area contributed by atoms with Crippen molar-refractivity contribution in [1.82, 2.24) is 4.72 Å². The minimum Gasteiger partial charge on any atom is -0.323 e. The fourth-order valence-electron chi connectivity index (χ4n) is 2.90. The van der Waals surface area contributed by atoms with Gasteiger partial charge in [-0.25, -0.2) is 12.8 Å². The highest BCUT2D eigenvalue weighted by Crippen LogP contribution is 2.31. The highest BCUT2D eigenvalue weighted by atomic mass is 35.5. The number of halogens is 2. The van der Waals surface area contributed by atoms with E-state index in [9.17, 15) is 17.6 Å². The minimum absolute atomic E-state index is 0.0562. The second-order valence-corrected chi connectivity index (χ2v) is 8.72. The number of sulfonamides is 1. The van der Waals surface area contributed by atoms with Gasteiger partial charge in [-0.2, -0.15) is 0 Å². The van der Waals surface area contributed by atoms with Crippen molar-refractivity contribution in [3.63, 3.8) is 0 Å². The Kier molecular flexibility index (Phi) is 5.77. The zero-order valence-corrected chi connectivity index (χ0v) is 17.6. The third kappa shape index (κ3) is 4.49. The lowest BCUT2D eigenvalue weighted by Gasteiger charge is -2.06. The molecule has 152 valence electrons. The average Bonchev–Trinajstić information content (AvgIpc) is 2.87. The number of amides is 1. The second kappa shape index (κ2) is 7.96. The molecule has 1 aliphatic heterocycles. The van der Waals surface area contributed by atoms with Gasteiger partial charge >= 0.3 is 0 Å². The predicted molar refractivity (Wildman–Crippen MR) is 113 cm³/mol. The van der Waals surface area contributed by atoms with Gasteiger partial charge in [0.05, 0.1) is 10.7 Å². The molecule has 1 aliphatic rings. The molecular weight excluding hydrogens is 417 g/mol. The maximum Gasteiger partial charge on any atom is 0.264 e. The molecule has 0 aromatic heterocycles. The van der Waals surface area contributed by atoms with Crippen LogP contribution in [0.5, 0.6) is 0 Å². The molecule has 1 amide bonds. The molecule has 0 bridgehead atoms. The fraction of sp³-hybridized carbons (Fsp3) is 0.200. The summed E-state index contributed by atoms with van der Waals surface area (Å²) in [6.45, 7) is 5.16. The first-order valence-electron chi connectivity index (χ1n) is 8.69. The molecule has 6 nitrogen and oxygen atoms in total. The quantitative estimate of drug-likeness (QED) is 0.765. The maximum absolute atomic E-state index is 13.1. The van der Waals surface area contributed by atoms with E-state index in [1.165, 1.54) is 12.1 Å². The van der Waals surface area contributed by atoms with Gasteiger partial charge in [-0.15, -0.1) is 0 Å². The van der Waals surface area contributed by atoms with Crippen molar-refractivity contribution >= 4 is 44.0 Å². The number of amidine groups is 1. The summed E-state index contributed by atoms with van der Waals surface area (Å²) in [5.74, 6) is -0.926. The minimum atomic E-state index is -3.78. The van der Waals surface area contributed by atoms with E-state index in [0.717, 1.165) is 17.2 Å². The van der Waals surface area contributed by atoms with E-state index in [2.05, 4.69) is 15.0 Å². The van der Waals surface area contributed by atoms with Crippen LogP contribution < -0.4 is 10.0 Å². The van der Waals surface area contributed by atoms with E-state index < -0.39 is 21.7 Å². The van der Waals surface area contributed by atoms with Gasteiger partial charge in [-0.05, 0) is 55.7 Å². The molecule has 0 saturated heterocycles. The number of carbonyl (C=O) groups excluding carboxylic acids is 1. The van der Waals surface area contributed by atoms with Crippen molar-refractivity contribution in [2.45, 2.75) is 20.8 Å². The lowest BCUT2D eigenvalue weighted by molar-refractivity contribution is -0.114. The summed E-state index contributed by atoms with van der Waals surface area (Å²) in [6, 6.07) is 8.99. The van der Waals surface area contributed by atoms with Crippen molar-refractivity contribution in [1.29, 1.82) is 0 Å². The zero-order chi connectivity index (χ0) is 21.3. The molecule has 0 aliphatic carbocycles. The van der Waals surface area contributed by atoms with Gasteiger partial charge in [-0.1, -0.05) is 29.8 Å². The number of rotatable bonds is 4. The Bertz CT molecular complexity index is 1170. The molecule has 1 heterocycles. The van der Waals surface area contributed by atoms with Gasteiger partial charge in [0.2, 0.25) is 5.91 Å². The summed E-state index contributed by atoms with van der Waals surface area (Å²) in [5.41, 5.74) is 3.26. The molecule has 2 aromatic rings. The van der Waals surface area contributed by atoms with Crippen LogP contribution in [0.15, 0.2) is 47.0 Å². The monoisotopic (exact) mass is 435 g/mol. The molecular formula is C20H19ClFN3O3S. The van der Waals surface area contributed by atoms with Crippen LogP contribution in [-0.4, -0.2) is 26.7 Å². The Morgan fingerprint density at radius 3 is 2.52 bits per heavy atom. The molecule has 0 spiro atoms. The third-order valence-corrected chi connectivity index (χ3v) is 6.40. The summed E-state index contributed by atoms with van der Waals surface area (Å²) in [5, 5.41) is 2.57. The van der Waals surface area contributed by atoms with Crippen LogP contribution in [0.4, 0.5) is 10.1 Å². The molecule has 9 heteroatoms. The number of anilines is 1. The van der Waals surface area contributed by atoms with Crippen LogP contribution in [0, 0.1) is 19.7 Å². The normalized spacial score (nSPS) is 16.8. The highest BCUT2D eigenvalue weighted by molar-refractivity contribution is 8.00. The van der Waals surface area contributed by atoms with Gasteiger partial charge in [-0.3, -0.25) is 14.5 Å². The van der Waals surface area contributed by atoms with Crippen LogP contribution in [0.1, 0.15) is 23.6 Å². The highest BCUT2D eigenvalue weighted by Gasteiger charge is 2.32. The molecule has 2 N–H and O–H groups in total. The molecule has 29 heavy (non-hydrogen) atoms. The molecule has 0 saturated carbocycles. The summed E-state index contributed by atoms with van der Waals surface area (Å²) >= 11 is 5.88. The first-order chi connectivity index (χ1) is 13.6. The van der Waals surface area contributed by atoms with Gasteiger partial charge in [0.1, 0.15) is 23.1 Å². The summed E-state index contributed by atoms with van der Waals surface area (Å²) in [6.07, 6.45) is 0. The number of benzene rings is 2. The van der Waals surface area contributed by atoms with Crippen molar-refractivity contribution in [3.05, 3.63) is 69.5 Å². The molecule has 0 unspecified atom stereocenters. The van der Waals surface area contributed by atoms with E-state index in [1.807, 2.05) is 19.9 Å². The molecule has 3 rings (SSSR count). The fourth-order valence-corrected chi connectivity index (χ4v) is 4.63. The van der Waals surface area contributed by atoms with Gasteiger partial charge in [0.15, 0.2) is 0 Å². The lowest BCUT2D eigenvalue weighted by atomic mass is 10.0. The standard InChI is InChI=1S/C20H19ClFN3O3S/c1-11-4-5-14(8-12(11)2)19-13(3)20(25-29(19,27)28)23-10-18(26)24-17-7-6-15(22)9-16(17)21/h4-9H,10H2,1-3H3,(H,23,25)(H,24,26). The average molecular weight is 436 g/mol. The number of hydrogen-bond donors (Lipinski definition) is 2. The van der Waals surface area contributed by atoms with E-state index in [0.29, 0.717) is 11.1 Å². The predicted octanol–water partition coefficient (Wildman–Crippen LogP) is 3.80. The van der Waals surface area contributed by atoms with Crippen LogP contribution in [0.2, 0.25) is 5.02 Å². The summed E-state index contributed by atoms with van der Waals surface area (Å²) in [7, 11) is -3.78. The Hall–Kier alpha value is -2.71. The number of nitrogens with one attached hydrogen (secondary N) is 2. The molecule has 0 fully saturated rings. The van der Waals surface area contributed by atoms with Crippen molar-refractivity contribution in [2.24, 2.45) is 4.99 Å². The van der Waals surface area contributed by atoms with Crippen LogP contribution in [0.3, 0.4) is 0 Å². The molecule has 0 radical (unpaired) electrons. The van der Waals surface area contributed by atoms with E-state index in [-0.39, 0.29) is 28.0 Å². The number of hydrogen-bond acceptors (Lipinski definition) is 4. The van der Waals surface area contributed by atoms with E-state index in [4.69, 9.17) is 11.6 Å². The summed E-state index contributed by atoms with van der Waals surface area (Å²) < 4.78 is 40.7. The largest absolute Gasteiger partial charge is 0.323 e. The van der Waals surface area contributed by atoms with E-state index in [1.54, 1.807) is 19.1 Å². The smallest absolute Gasteiger partial charge is 0.264 e. The van der Waals surface area contributed by atoms with Crippen molar-refractivity contribution < 1.29 is 17.6 Å². The zero-order valence-electron chi connectivity index (χ0n) is 16.0. The lowest BCUT2D eigenvalue weighted by Crippen LogP contribution is -2.25. The van der Waals surface area contributed by atoms with Crippen LogP contribution in [-0.2, 0) is 14.8 Å². The third-order valence-electron chi connectivity index (χ3n) is 4.55. The van der Waals surface area contributed by atoms with Crippen LogP contribution >= 0.6 is 11.6 Å². The Labute approximate surface area is 173 Å². The Balaban J connectivity index is 1.83. The molecule has 2 aromatic carbocycles. The Morgan fingerprint density at radius 1 is 1.14 bits per heavy atom. The maximum atomic E-state index is 13.1. The van der Waals surface area contributed by atoms with Gasteiger partial charge in [0, 0.05) is 5.57 Å². The topological polar surface area (TPSA) is 87.6 Å². The number of nitrogens with zero attached hydrogens (tertiary/aromatic N) is 1. The SMILES string of the molecule is CC1=C(c2ccc(C)c(C)c2)S(=O)(=O)NC1=NCC(=O)Nc1ccc(F)cc1Cl. The second-order valence-electron chi connectivity index (χ2n) is 6.70. The number of aryl methyl sites for hydroxylation is 2. The van der Waals surface area contributed by atoms with Gasteiger partial charge < -0.3 is 5.32 Å². The number of aliphatic imine (C=N–C) groups is 1. The van der Waals surface area contributed by atoms with E-state index >= 15 is 0 Å². The first-order valence-corrected chi connectivity index (χ1v) is 10.6. The number of carbonyl (C=O) groups is 1. The summed E-state index contributed by atoms with van der Waals surface area (Å²) in [4.78, 5) is 16.4.